The Morgan fingerprint density at radius 1 is 0.724 bits per heavy atom. The molecule has 5 aromatic rings. The summed E-state index contributed by atoms with van der Waals surface area (Å²) in [6.07, 6.45) is 1.57. The normalized spacial score (nSPS) is 10.9. The number of nitrogens with zero attached hydrogens (tertiary/aromatic N) is 2. The first-order valence-corrected chi connectivity index (χ1v) is 10.1. The molecule has 0 atom stereocenters. The summed E-state index contributed by atoms with van der Waals surface area (Å²) in [4.78, 5) is 12.2. The van der Waals surface area contributed by atoms with Crippen LogP contribution in [-0.4, -0.2) is 15.0 Å². The topological polar surface area (TPSA) is 53.6 Å². The second-order valence-corrected chi connectivity index (χ2v) is 7.66. The van der Waals surface area contributed by atoms with Gasteiger partial charge in [-0.3, -0.25) is 0 Å². The van der Waals surface area contributed by atoms with Gasteiger partial charge in [-0.2, -0.15) is 0 Å². The van der Waals surface area contributed by atoms with Crippen LogP contribution < -0.4 is 5.32 Å². The molecule has 2 heterocycles. The third-order valence-electron chi connectivity index (χ3n) is 4.84. The molecular formula is C24H17BrN4. The van der Waals surface area contributed by atoms with Gasteiger partial charge in [-0.1, -0.05) is 70.5 Å². The monoisotopic (exact) mass is 440 g/mol. The number of fused-ring (bicyclic) bond motifs is 1. The van der Waals surface area contributed by atoms with Crippen molar-refractivity contribution in [1.82, 2.24) is 15.0 Å². The highest BCUT2D eigenvalue weighted by atomic mass is 79.9. The fraction of sp³-hybridized carbons (Fsp3) is 0. The van der Waals surface area contributed by atoms with Gasteiger partial charge < -0.3 is 10.3 Å². The van der Waals surface area contributed by atoms with Crippen molar-refractivity contribution < 1.29 is 0 Å². The fourth-order valence-electron chi connectivity index (χ4n) is 3.34. The highest BCUT2D eigenvalue weighted by Gasteiger charge is 2.10. The lowest BCUT2D eigenvalue weighted by Crippen LogP contribution is -1.94. The van der Waals surface area contributed by atoms with Gasteiger partial charge in [0, 0.05) is 15.9 Å². The van der Waals surface area contributed by atoms with Crippen LogP contribution in [0.1, 0.15) is 0 Å². The number of benzene rings is 3. The van der Waals surface area contributed by atoms with E-state index in [9.17, 15) is 0 Å². The van der Waals surface area contributed by atoms with Gasteiger partial charge in [-0.25, -0.2) is 9.97 Å². The van der Waals surface area contributed by atoms with E-state index in [0.29, 0.717) is 0 Å². The van der Waals surface area contributed by atoms with E-state index in [4.69, 9.17) is 0 Å². The van der Waals surface area contributed by atoms with Gasteiger partial charge in [0.15, 0.2) is 0 Å². The minimum Gasteiger partial charge on any atom is -0.340 e. The molecule has 0 saturated carbocycles. The van der Waals surface area contributed by atoms with E-state index in [-0.39, 0.29) is 0 Å². The highest BCUT2D eigenvalue weighted by Crippen LogP contribution is 2.30. The third kappa shape index (κ3) is 3.65. The Labute approximate surface area is 176 Å². The van der Waals surface area contributed by atoms with Gasteiger partial charge in [0.05, 0.1) is 5.39 Å². The zero-order valence-electron chi connectivity index (χ0n) is 15.4. The van der Waals surface area contributed by atoms with Gasteiger partial charge in [0.25, 0.3) is 0 Å². The number of halogens is 1. The quantitative estimate of drug-likeness (QED) is 0.323. The summed E-state index contributed by atoms with van der Waals surface area (Å²) >= 11 is 3.48. The number of hydrogen-bond donors (Lipinski definition) is 2. The van der Waals surface area contributed by atoms with E-state index >= 15 is 0 Å². The van der Waals surface area contributed by atoms with Crippen molar-refractivity contribution in [1.29, 1.82) is 0 Å². The molecular weight excluding hydrogens is 424 g/mol. The van der Waals surface area contributed by atoms with E-state index in [0.717, 1.165) is 38.3 Å². The molecule has 5 rings (SSSR count). The Morgan fingerprint density at radius 2 is 1.41 bits per heavy atom. The van der Waals surface area contributed by atoms with Crippen LogP contribution in [0.2, 0.25) is 0 Å². The van der Waals surface area contributed by atoms with Crippen LogP contribution in [-0.2, 0) is 0 Å². The lowest BCUT2D eigenvalue weighted by atomic mass is 10.1. The van der Waals surface area contributed by atoms with Crippen molar-refractivity contribution in [3.63, 3.8) is 0 Å². The van der Waals surface area contributed by atoms with Crippen LogP contribution in [0.5, 0.6) is 0 Å². The van der Waals surface area contributed by atoms with Crippen molar-refractivity contribution in [3.8, 4) is 22.4 Å². The Morgan fingerprint density at radius 3 is 2.17 bits per heavy atom. The van der Waals surface area contributed by atoms with E-state index in [1.165, 1.54) is 11.1 Å². The van der Waals surface area contributed by atoms with E-state index < -0.39 is 0 Å². The molecule has 0 fully saturated rings. The predicted octanol–water partition coefficient (Wildman–Crippen LogP) is 6.80. The van der Waals surface area contributed by atoms with E-state index in [1.54, 1.807) is 6.33 Å². The zero-order chi connectivity index (χ0) is 19.6. The summed E-state index contributed by atoms with van der Waals surface area (Å²) in [6, 6.07) is 29.0. The molecule has 140 valence electrons. The molecule has 29 heavy (non-hydrogen) atoms. The lowest BCUT2D eigenvalue weighted by molar-refractivity contribution is 1.20. The Bertz CT molecular complexity index is 1260. The van der Waals surface area contributed by atoms with Gasteiger partial charge in [-0.15, -0.1) is 0 Å². The third-order valence-corrected chi connectivity index (χ3v) is 5.36. The standard InChI is InChI=1S/C24H17BrN4/c25-19-10-6-18(7-11-19)22-14-21-23(26-15-27-24(21)29-22)28-20-12-8-17(9-13-20)16-4-2-1-3-5-16/h1-15H,(H2,26,27,28,29). The SMILES string of the molecule is Brc1ccc(-c2cc3c(Nc4ccc(-c5ccccc5)cc4)ncnc3[nH]2)cc1. The second kappa shape index (κ2) is 7.53. The molecule has 0 bridgehead atoms. The molecule has 5 heteroatoms. The minimum atomic E-state index is 0.780. The van der Waals surface area contributed by atoms with Crippen LogP contribution in [0.4, 0.5) is 11.5 Å². The van der Waals surface area contributed by atoms with Crippen molar-refractivity contribution >= 4 is 38.5 Å². The average molecular weight is 441 g/mol. The molecule has 2 N–H and O–H groups in total. The number of H-pyrrole nitrogens is 1. The van der Waals surface area contributed by atoms with E-state index in [1.807, 2.05) is 30.3 Å². The van der Waals surface area contributed by atoms with Crippen molar-refractivity contribution in [2.75, 3.05) is 5.32 Å². The fourth-order valence-corrected chi connectivity index (χ4v) is 3.60. The summed E-state index contributed by atoms with van der Waals surface area (Å²) in [5, 5.41) is 4.38. The molecule has 0 radical (unpaired) electrons. The zero-order valence-corrected chi connectivity index (χ0v) is 17.0. The highest BCUT2D eigenvalue weighted by molar-refractivity contribution is 9.10. The molecule has 4 nitrogen and oxygen atoms in total. The summed E-state index contributed by atoms with van der Waals surface area (Å²) in [5.74, 6) is 0.780. The minimum absolute atomic E-state index is 0.780. The summed E-state index contributed by atoms with van der Waals surface area (Å²) in [5.41, 5.74) is 6.29. The molecule has 0 aliphatic carbocycles. The Hall–Kier alpha value is -3.44. The largest absolute Gasteiger partial charge is 0.340 e. The molecule has 3 aromatic carbocycles. The van der Waals surface area contributed by atoms with Crippen LogP contribution in [0.3, 0.4) is 0 Å². The van der Waals surface area contributed by atoms with Gasteiger partial charge in [0.1, 0.15) is 17.8 Å². The van der Waals surface area contributed by atoms with Crippen molar-refractivity contribution in [2.24, 2.45) is 0 Å². The van der Waals surface area contributed by atoms with Crippen molar-refractivity contribution in [2.45, 2.75) is 0 Å². The number of rotatable bonds is 4. The summed E-state index contributed by atoms with van der Waals surface area (Å²) in [7, 11) is 0. The lowest BCUT2D eigenvalue weighted by Gasteiger charge is -2.08. The van der Waals surface area contributed by atoms with Gasteiger partial charge in [0.2, 0.25) is 0 Å². The van der Waals surface area contributed by atoms with Crippen LogP contribution in [0.25, 0.3) is 33.4 Å². The predicted molar refractivity (Wildman–Crippen MR) is 122 cm³/mol. The number of hydrogen-bond acceptors (Lipinski definition) is 3. The molecule has 2 aromatic heterocycles. The number of nitrogens with one attached hydrogen (secondary N) is 2. The number of anilines is 2. The van der Waals surface area contributed by atoms with Crippen molar-refractivity contribution in [3.05, 3.63) is 95.7 Å². The Kier molecular flexibility index (Phi) is 4.58. The number of aromatic amines is 1. The van der Waals surface area contributed by atoms with Gasteiger partial charge >= 0.3 is 0 Å². The van der Waals surface area contributed by atoms with Crippen LogP contribution >= 0.6 is 15.9 Å². The second-order valence-electron chi connectivity index (χ2n) is 6.74. The molecule has 0 unspecified atom stereocenters. The van der Waals surface area contributed by atoms with Crippen LogP contribution in [0, 0.1) is 0 Å². The first-order valence-electron chi connectivity index (χ1n) is 9.28. The molecule has 0 amide bonds. The summed E-state index contributed by atoms with van der Waals surface area (Å²) < 4.78 is 1.05. The first-order chi connectivity index (χ1) is 14.3. The average Bonchev–Trinajstić information content (AvgIpc) is 3.21. The molecule has 0 spiro atoms. The maximum atomic E-state index is 4.45. The van der Waals surface area contributed by atoms with Crippen LogP contribution in [0.15, 0.2) is 95.7 Å². The maximum Gasteiger partial charge on any atom is 0.143 e. The Balaban J connectivity index is 1.45. The maximum absolute atomic E-state index is 4.45. The van der Waals surface area contributed by atoms with Gasteiger partial charge in [-0.05, 0) is 47.0 Å². The first kappa shape index (κ1) is 17.6. The molecule has 0 aliphatic rings. The molecule has 0 saturated heterocycles. The number of aromatic nitrogens is 3. The van der Waals surface area contributed by atoms with E-state index in [2.05, 4.69) is 90.8 Å². The smallest absolute Gasteiger partial charge is 0.143 e. The molecule has 0 aliphatic heterocycles. The summed E-state index contributed by atoms with van der Waals surface area (Å²) in [6.45, 7) is 0.